The van der Waals surface area contributed by atoms with E-state index in [4.69, 9.17) is 0 Å². The van der Waals surface area contributed by atoms with Crippen molar-refractivity contribution < 1.29 is 9.90 Å². The molecule has 2 aliphatic rings. The van der Waals surface area contributed by atoms with Crippen LogP contribution in [0.2, 0.25) is 0 Å². The average Bonchev–Trinajstić information content (AvgIpc) is 3.31. The standard InChI is InChI=1S/C19H26N4O2S/c1-21(2)15-7-12-10-23(11-13(12)8-17(15)24)19(25)16-9-14(20-22(16)3)18-5-4-6-26-18/h4-6,9,12-13,15,17,24H,7-8,10-11H2,1-3H3/t12-,13+,15-,17-/m1/s1. The van der Waals surface area contributed by atoms with E-state index < -0.39 is 0 Å². The van der Waals surface area contributed by atoms with E-state index >= 15 is 0 Å². The van der Waals surface area contributed by atoms with Crippen molar-refractivity contribution in [2.24, 2.45) is 18.9 Å². The first kappa shape index (κ1) is 17.7. The highest BCUT2D eigenvalue weighted by Crippen LogP contribution is 2.38. The molecule has 4 rings (SSSR count). The molecule has 6 nitrogen and oxygen atoms in total. The Morgan fingerprint density at radius 1 is 1.31 bits per heavy atom. The topological polar surface area (TPSA) is 61.6 Å². The van der Waals surface area contributed by atoms with Crippen LogP contribution >= 0.6 is 11.3 Å². The van der Waals surface area contributed by atoms with Crippen LogP contribution in [-0.2, 0) is 7.05 Å². The number of rotatable bonds is 3. The van der Waals surface area contributed by atoms with E-state index in [0.717, 1.165) is 36.5 Å². The zero-order valence-corrected chi connectivity index (χ0v) is 16.3. The van der Waals surface area contributed by atoms with Crippen LogP contribution in [0.15, 0.2) is 23.6 Å². The molecule has 1 saturated heterocycles. The zero-order chi connectivity index (χ0) is 18.4. The number of nitrogens with zero attached hydrogens (tertiary/aromatic N) is 4. The highest BCUT2D eigenvalue weighted by atomic mass is 32.1. The fraction of sp³-hybridized carbons (Fsp3) is 0.579. The Morgan fingerprint density at radius 2 is 2.04 bits per heavy atom. The van der Waals surface area contributed by atoms with Gasteiger partial charge in [-0.05, 0) is 56.3 Å². The molecule has 2 aromatic heterocycles. The molecule has 1 aliphatic heterocycles. The number of aromatic nitrogens is 2. The lowest BCUT2D eigenvalue weighted by Crippen LogP contribution is -2.46. The predicted molar refractivity (Wildman–Crippen MR) is 102 cm³/mol. The monoisotopic (exact) mass is 374 g/mol. The van der Waals surface area contributed by atoms with Crippen LogP contribution in [0.3, 0.4) is 0 Å². The third kappa shape index (κ3) is 3.08. The maximum Gasteiger partial charge on any atom is 0.272 e. The van der Waals surface area contributed by atoms with Crippen LogP contribution in [0.25, 0.3) is 10.6 Å². The van der Waals surface area contributed by atoms with Gasteiger partial charge in [0.2, 0.25) is 0 Å². The van der Waals surface area contributed by atoms with Gasteiger partial charge in [0.15, 0.2) is 0 Å². The number of thiophene rings is 1. The molecule has 0 radical (unpaired) electrons. The van der Waals surface area contributed by atoms with E-state index in [9.17, 15) is 9.90 Å². The van der Waals surface area contributed by atoms with Gasteiger partial charge in [-0.1, -0.05) is 6.07 Å². The molecular weight excluding hydrogens is 348 g/mol. The average molecular weight is 375 g/mol. The number of amides is 1. The number of aryl methyl sites for hydroxylation is 1. The van der Waals surface area contributed by atoms with Gasteiger partial charge in [0.25, 0.3) is 5.91 Å². The predicted octanol–water partition coefficient (Wildman–Crippen LogP) is 1.92. The first-order valence-corrected chi connectivity index (χ1v) is 10.0. The van der Waals surface area contributed by atoms with E-state index in [1.165, 1.54) is 0 Å². The number of hydrogen-bond acceptors (Lipinski definition) is 5. The van der Waals surface area contributed by atoms with Gasteiger partial charge in [-0.15, -0.1) is 11.3 Å². The normalized spacial score (nSPS) is 28.6. The molecule has 4 atom stereocenters. The number of likely N-dealkylation sites (tertiary alicyclic amines) is 1. The summed E-state index contributed by atoms with van der Waals surface area (Å²) >= 11 is 1.63. The molecule has 3 heterocycles. The summed E-state index contributed by atoms with van der Waals surface area (Å²) in [6.07, 6.45) is 1.43. The van der Waals surface area contributed by atoms with Crippen molar-refractivity contribution in [2.45, 2.75) is 25.0 Å². The number of fused-ring (bicyclic) bond motifs is 1. The van der Waals surface area contributed by atoms with E-state index in [2.05, 4.69) is 10.00 Å². The maximum atomic E-state index is 13.1. The minimum Gasteiger partial charge on any atom is -0.391 e. The van der Waals surface area contributed by atoms with Crippen LogP contribution in [0.1, 0.15) is 23.3 Å². The van der Waals surface area contributed by atoms with E-state index in [-0.39, 0.29) is 18.1 Å². The van der Waals surface area contributed by atoms with Crippen molar-refractivity contribution in [3.05, 3.63) is 29.3 Å². The van der Waals surface area contributed by atoms with Crippen molar-refractivity contribution in [3.8, 4) is 10.6 Å². The third-order valence-electron chi connectivity index (χ3n) is 5.93. The second-order valence-corrected chi connectivity index (χ2v) is 8.76. The SMILES string of the molecule is CN(C)[C@@H]1C[C@@H]2CN(C(=O)c3cc(-c4cccs4)nn3C)C[C@@H]2C[C@H]1O. The largest absolute Gasteiger partial charge is 0.391 e. The summed E-state index contributed by atoms with van der Waals surface area (Å²) in [7, 11) is 5.88. The molecule has 1 N–H and O–H groups in total. The van der Waals surface area contributed by atoms with Gasteiger partial charge in [-0.3, -0.25) is 9.48 Å². The van der Waals surface area contributed by atoms with Crippen LogP contribution in [0.5, 0.6) is 0 Å². The second kappa shape index (κ2) is 6.79. The number of carbonyl (C=O) groups excluding carboxylic acids is 1. The summed E-state index contributed by atoms with van der Waals surface area (Å²) in [5.41, 5.74) is 1.49. The quantitative estimate of drug-likeness (QED) is 0.892. The van der Waals surface area contributed by atoms with Crippen LogP contribution < -0.4 is 0 Å². The summed E-state index contributed by atoms with van der Waals surface area (Å²) in [4.78, 5) is 18.2. The van der Waals surface area contributed by atoms with Gasteiger partial charge < -0.3 is 14.9 Å². The number of likely N-dealkylation sites (N-methyl/N-ethyl adjacent to an activating group) is 1. The molecule has 1 aliphatic carbocycles. The number of aliphatic hydroxyl groups excluding tert-OH is 1. The van der Waals surface area contributed by atoms with Crippen LogP contribution in [0.4, 0.5) is 0 Å². The first-order chi connectivity index (χ1) is 12.4. The number of aliphatic hydroxyl groups is 1. The van der Waals surface area contributed by atoms with E-state index in [1.807, 2.05) is 49.6 Å². The van der Waals surface area contributed by atoms with E-state index in [1.54, 1.807) is 16.0 Å². The van der Waals surface area contributed by atoms with Gasteiger partial charge in [-0.2, -0.15) is 5.10 Å². The van der Waals surface area contributed by atoms with Gasteiger partial charge in [0.1, 0.15) is 11.4 Å². The van der Waals surface area contributed by atoms with Gasteiger partial charge in [-0.25, -0.2) is 0 Å². The molecule has 1 saturated carbocycles. The molecule has 0 aromatic carbocycles. The highest BCUT2D eigenvalue weighted by Gasteiger charge is 2.44. The van der Waals surface area contributed by atoms with Gasteiger partial charge in [0, 0.05) is 26.2 Å². The minimum atomic E-state index is -0.302. The Kier molecular flexibility index (Phi) is 4.62. The van der Waals surface area contributed by atoms with Gasteiger partial charge >= 0.3 is 0 Å². The molecule has 0 unspecified atom stereocenters. The lowest BCUT2D eigenvalue weighted by Gasteiger charge is -2.38. The Balaban J connectivity index is 1.50. The summed E-state index contributed by atoms with van der Waals surface area (Å²) in [5.74, 6) is 0.919. The smallest absolute Gasteiger partial charge is 0.272 e. The Bertz CT molecular complexity index is 786. The van der Waals surface area contributed by atoms with Crippen molar-refractivity contribution in [1.29, 1.82) is 0 Å². The summed E-state index contributed by atoms with van der Waals surface area (Å²) < 4.78 is 1.69. The lowest BCUT2D eigenvalue weighted by atomic mass is 9.77. The molecule has 140 valence electrons. The molecule has 2 aromatic rings. The second-order valence-electron chi connectivity index (χ2n) is 7.82. The Hall–Kier alpha value is -1.70. The lowest BCUT2D eigenvalue weighted by molar-refractivity contribution is 0.00940. The molecule has 26 heavy (non-hydrogen) atoms. The van der Waals surface area contributed by atoms with Crippen molar-refractivity contribution >= 4 is 17.2 Å². The number of hydrogen-bond donors (Lipinski definition) is 1. The molecule has 2 fully saturated rings. The fourth-order valence-electron chi connectivity index (χ4n) is 4.50. The Labute approximate surface area is 158 Å². The Morgan fingerprint density at radius 3 is 2.69 bits per heavy atom. The summed E-state index contributed by atoms with van der Waals surface area (Å²) in [6, 6.07) is 6.10. The zero-order valence-electron chi connectivity index (χ0n) is 15.5. The van der Waals surface area contributed by atoms with Crippen LogP contribution in [-0.4, -0.2) is 69.9 Å². The molecule has 7 heteroatoms. The van der Waals surface area contributed by atoms with Crippen LogP contribution in [0, 0.1) is 11.8 Å². The third-order valence-corrected chi connectivity index (χ3v) is 6.82. The maximum absolute atomic E-state index is 13.1. The first-order valence-electron chi connectivity index (χ1n) is 9.15. The highest BCUT2D eigenvalue weighted by molar-refractivity contribution is 7.13. The van der Waals surface area contributed by atoms with E-state index in [0.29, 0.717) is 17.5 Å². The molecule has 0 bridgehead atoms. The molecule has 1 amide bonds. The number of carbonyl (C=O) groups is 1. The fourth-order valence-corrected chi connectivity index (χ4v) is 5.18. The van der Waals surface area contributed by atoms with Crippen molar-refractivity contribution in [1.82, 2.24) is 19.6 Å². The van der Waals surface area contributed by atoms with Crippen molar-refractivity contribution in [2.75, 3.05) is 27.2 Å². The molecular formula is C19H26N4O2S. The molecule has 0 spiro atoms. The minimum absolute atomic E-state index is 0.0492. The summed E-state index contributed by atoms with van der Waals surface area (Å²) in [6.45, 7) is 1.51. The van der Waals surface area contributed by atoms with Crippen molar-refractivity contribution in [3.63, 3.8) is 0 Å². The summed E-state index contributed by atoms with van der Waals surface area (Å²) in [5, 5.41) is 17.0. The van der Waals surface area contributed by atoms with Gasteiger partial charge in [0.05, 0.1) is 11.0 Å².